The standard InChI is InChI=1S/C18H19FN2O2/c1-12(20-11-14-3-7-16(19)8-4-14)18(23)21-17-9-5-15(6-10-17)13(2)22/h3-10,12,20H,11H2,1-2H3,(H,21,23). The van der Waals surface area contributed by atoms with Crippen LogP contribution >= 0.6 is 0 Å². The number of ketones is 1. The van der Waals surface area contributed by atoms with Crippen molar-refractivity contribution < 1.29 is 14.0 Å². The highest BCUT2D eigenvalue weighted by molar-refractivity contribution is 5.96. The van der Waals surface area contributed by atoms with Crippen molar-refractivity contribution in [2.75, 3.05) is 5.32 Å². The lowest BCUT2D eigenvalue weighted by atomic mass is 10.1. The number of carbonyl (C=O) groups excluding carboxylic acids is 2. The van der Waals surface area contributed by atoms with Gasteiger partial charge in [-0.05, 0) is 55.8 Å². The number of nitrogens with one attached hydrogen (secondary N) is 2. The van der Waals surface area contributed by atoms with Crippen LogP contribution < -0.4 is 10.6 Å². The highest BCUT2D eigenvalue weighted by Crippen LogP contribution is 2.10. The zero-order valence-electron chi connectivity index (χ0n) is 13.1. The molecule has 0 aromatic heterocycles. The lowest BCUT2D eigenvalue weighted by Gasteiger charge is -2.14. The molecule has 1 unspecified atom stereocenters. The topological polar surface area (TPSA) is 58.2 Å². The zero-order chi connectivity index (χ0) is 16.8. The van der Waals surface area contributed by atoms with Gasteiger partial charge in [0.2, 0.25) is 5.91 Å². The molecule has 1 amide bonds. The molecule has 0 aliphatic carbocycles. The molecule has 2 aromatic rings. The van der Waals surface area contributed by atoms with E-state index in [2.05, 4.69) is 10.6 Å². The summed E-state index contributed by atoms with van der Waals surface area (Å²) in [5.74, 6) is -0.478. The van der Waals surface area contributed by atoms with Crippen molar-refractivity contribution in [3.8, 4) is 0 Å². The van der Waals surface area contributed by atoms with Crippen LogP contribution in [-0.4, -0.2) is 17.7 Å². The smallest absolute Gasteiger partial charge is 0.241 e. The minimum Gasteiger partial charge on any atom is -0.325 e. The van der Waals surface area contributed by atoms with E-state index in [1.807, 2.05) is 0 Å². The van der Waals surface area contributed by atoms with Gasteiger partial charge in [0, 0.05) is 17.8 Å². The van der Waals surface area contributed by atoms with Gasteiger partial charge in [-0.3, -0.25) is 9.59 Å². The molecule has 0 saturated heterocycles. The summed E-state index contributed by atoms with van der Waals surface area (Å²) in [5.41, 5.74) is 2.14. The summed E-state index contributed by atoms with van der Waals surface area (Å²) in [6, 6.07) is 12.5. The Balaban J connectivity index is 1.86. The van der Waals surface area contributed by atoms with Gasteiger partial charge in [0.15, 0.2) is 5.78 Å². The molecule has 120 valence electrons. The zero-order valence-corrected chi connectivity index (χ0v) is 13.1. The summed E-state index contributed by atoms with van der Waals surface area (Å²) in [7, 11) is 0. The molecular weight excluding hydrogens is 295 g/mol. The molecule has 1 atom stereocenters. The maximum Gasteiger partial charge on any atom is 0.241 e. The number of halogens is 1. The number of anilines is 1. The van der Waals surface area contributed by atoms with Gasteiger partial charge >= 0.3 is 0 Å². The number of hydrogen-bond donors (Lipinski definition) is 2. The monoisotopic (exact) mass is 314 g/mol. The van der Waals surface area contributed by atoms with Gasteiger partial charge in [0.1, 0.15) is 5.82 Å². The second kappa shape index (κ2) is 7.65. The predicted octanol–water partition coefficient (Wildman–Crippen LogP) is 3.15. The summed E-state index contributed by atoms with van der Waals surface area (Å²) >= 11 is 0. The first-order chi connectivity index (χ1) is 11.0. The number of carbonyl (C=O) groups is 2. The molecule has 0 aliphatic heterocycles. The van der Waals surface area contributed by atoms with Crippen LogP contribution in [0.4, 0.5) is 10.1 Å². The molecule has 0 heterocycles. The number of hydrogen-bond acceptors (Lipinski definition) is 3. The maximum atomic E-state index is 12.8. The molecular formula is C18H19FN2O2. The van der Waals surface area contributed by atoms with Crippen molar-refractivity contribution in [1.29, 1.82) is 0 Å². The third-order valence-electron chi connectivity index (χ3n) is 3.48. The molecule has 0 radical (unpaired) electrons. The molecule has 23 heavy (non-hydrogen) atoms. The van der Waals surface area contributed by atoms with E-state index in [0.29, 0.717) is 17.8 Å². The van der Waals surface area contributed by atoms with Gasteiger partial charge in [-0.25, -0.2) is 4.39 Å². The van der Waals surface area contributed by atoms with E-state index in [9.17, 15) is 14.0 Å². The summed E-state index contributed by atoms with van der Waals surface area (Å²) in [6.45, 7) is 3.72. The lowest BCUT2D eigenvalue weighted by Crippen LogP contribution is -2.37. The Labute approximate surface area is 134 Å². The molecule has 0 bridgehead atoms. The fourth-order valence-corrected chi connectivity index (χ4v) is 2.00. The Morgan fingerprint density at radius 3 is 2.22 bits per heavy atom. The van der Waals surface area contributed by atoms with E-state index in [4.69, 9.17) is 0 Å². The molecule has 2 rings (SSSR count). The minimum atomic E-state index is -0.410. The lowest BCUT2D eigenvalue weighted by molar-refractivity contribution is -0.117. The Morgan fingerprint density at radius 2 is 1.65 bits per heavy atom. The van der Waals surface area contributed by atoms with Gasteiger partial charge in [0.25, 0.3) is 0 Å². The quantitative estimate of drug-likeness (QED) is 0.805. The highest BCUT2D eigenvalue weighted by atomic mass is 19.1. The molecule has 4 nitrogen and oxygen atoms in total. The summed E-state index contributed by atoms with van der Waals surface area (Å²) in [5, 5.41) is 5.86. The molecule has 0 fully saturated rings. The average Bonchev–Trinajstić information content (AvgIpc) is 2.54. The first kappa shape index (κ1) is 16.8. The Kier molecular flexibility index (Phi) is 5.60. The van der Waals surface area contributed by atoms with Gasteiger partial charge in [0.05, 0.1) is 6.04 Å². The van der Waals surface area contributed by atoms with Crippen molar-refractivity contribution in [2.24, 2.45) is 0 Å². The van der Waals surface area contributed by atoms with Gasteiger partial charge in [-0.1, -0.05) is 12.1 Å². The number of benzene rings is 2. The first-order valence-corrected chi connectivity index (χ1v) is 7.35. The van der Waals surface area contributed by atoms with Crippen LogP contribution in [0.15, 0.2) is 48.5 Å². The molecule has 0 saturated carbocycles. The second-order valence-corrected chi connectivity index (χ2v) is 5.35. The van der Waals surface area contributed by atoms with Crippen LogP contribution in [0.25, 0.3) is 0 Å². The Morgan fingerprint density at radius 1 is 1.04 bits per heavy atom. The van der Waals surface area contributed by atoms with E-state index in [0.717, 1.165) is 5.56 Å². The summed E-state index contributed by atoms with van der Waals surface area (Å²) in [4.78, 5) is 23.3. The fourth-order valence-electron chi connectivity index (χ4n) is 2.00. The van der Waals surface area contributed by atoms with E-state index in [1.54, 1.807) is 43.3 Å². The van der Waals surface area contributed by atoms with Crippen molar-refractivity contribution in [2.45, 2.75) is 26.4 Å². The third-order valence-corrected chi connectivity index (χ3v) is 3.48. The maximum absolute atomic E-state index is 12.8. The molecule has 2 aromatic carbocycles. The molecule has 5 heteroatoms. The van der Waals surface area contributed by atoms with Crippen molar-refractivity contribution in [3.63, 3.8) is 0 Å². The van der Waals surface area contributed by atoms with Crippen LogP contribution in [0.5, 0.6) is 0 Å². The average molecular weight is 314 g/mol. The second-order valence-electron chi connectivity index (χ2n) is 5.35. The van der Waals surface area contributed by atoms with Crippen molar-refractivity contribution >= 4 is 17.4 Å². The number of Topliss-reactive ketones (excluding diaryl/α,β-unsaturated/α-hetero) is 1. The van der Waals surface area contributed by atoms with Crippen molar-refractivity contribution in [1.82, 2.24) is 5.32 Å². The van der Waals surface area contributed by atoms with Gasteiger partial charge in [-0.15, -0.1) is 0 Å². The normalized spacial score (nSPS) is 11.8. The fraction of sp³-hybridized carbons (Fsp3) is 0.222. The van der Waals surface area contributed by atoms with Crippen molar-refractivity contribution in [3.05, 3.63) is 65.5 Å². The van der Waals surface area contributed by atoms with E-state index in [1.165, 1.54) is 19.1 Å². The molecule has 0 spiro atoms. The minimum absolute atomic E-state index is 0.0165. The third kappa shape index (κ3) is 5.00. The summed E-state index contributed by atoms with van der Waals surface area (Å²) in [6.07, 6.45) is 0. The van der Waals surface area contributed by atoms with E-state index < -0.39 is 6.04 Å². The van der Waals surface area contributed by atoms with E-state index >= 15 is 0 Å². The first-order valence-electron chi connectivity index (χ1n) is 7.35. The van der Waals surface area contributed by atoms with Gasteiger partial charge < -0.3 is 10.6 Å². The Hall–Kier alpha value is -2.53. The van der Waals surface area contributed by atoms with Crippen LogP contribution in [0.1, 0.15) is 29.8 Å². The molecule has 2 N–H and O–H groups in total. The van der Waals surface area contributed by atoms with Crippen LogP contribution in [0.2, 0.25) is 0 Å². The number of rotatable bonds is 6. The number of amides is 1. The van der Waals surface area contributed by atoms with Crippen LogP contribution in [0.3, 0.4) is 0 Å². The Bertz CT molecular complexity index is 681. The van der Waals surface area contributed by atoms with Crippen LogP contribution in [-0.2, 0) is 11.3 Å². The highest BCUT2D eigenvalue weighted by Gasteiger charge is 2.12. The van der Waals surface area contributed by atoms with Gasteiger partial charge in [-0.2, -0.15) is 0 Å². The van der Waals surface area contributed by atoms with E-state index in [-0.39, 0.29) is 17.5 Å². The molecule has 0 aliphatic rings. The largest absolute Gasteiger partial charge is 0.325 e. The predicted molar refractivity (Wildman–Crippen MR) is 87.8 cm³/mol. The summed E-state index contributed by atoms with van der Waals surface area (Å²) < 4.78 is 12.8. The SMILES string of the molecule is CC(=O)c1ccc(NC(=O)C(C)NCc2ccc(F)cc2)cc1. The van der Waals surface area contributed by atoms with Crippen LogP contribution in [0, 0.1) is 5.82 Å².